The quantitative estimate of drug-likeness (QED) is 0.692. The van der Waals surface area contributed by atoms with E-state index in [9.17, 15) is 4.79 Å². The van der Waals surface area contributed by atoms with Gasteiger partial charge in [0.05, 0.1) is 11.8 Å². The highest BCUT2D eigenvalue weighted by Gasteiger charge is 2.29. The van der Waals surface area contributed by atoms with Gasteiger partial charge in [-0.2, -0.15) is 0 Å². The van der Waals surface area contributed by atoms with Crippen molar-refractivity contribution in [3.8, 4) is 0 Å². The van der Waals surface area contributed by atoms with Crippen LogP contribution in [0.2, 0.25) is 0 Å². The number of hydrogen-bond donors (Lipinski definition) is 1. The summed E-state index contributed by atoms with van der Waals surface area (Å²) in [6.45, 7) is 8.58. The number of nitrogens with one attached hydrogen (secondary N) is 1. The van der Waals surface area contributed by atoms with Gasteiger partial charge in [-0.3, -0.25) is 9.69 Å². The number of rotatable bonds is 7. The monoisotopic (exact) mass is 388 g/mol. The SMILES string of the molecule is Cc1ccc(C)c(SCC(=O)N[C@H](C)[C@@H](c2cccs2)N2CCCC2)c1. The van der Waals surface area contributed by atoms with Crippen molar-refractivity contribution in [2.45, 2.75) is 50.6 Å². The number of benzene rings is 1. The maximum Gasteiger partial charge on any atom is 0.230 e. The van der Waals surface area contributed by atoms with Crippen LogP contribution in [0.4, 0.5) is 0 Å². The molecule has 3 rings (SSSR count). The molecule has 0 saturated carbocycles. The lowest BCUT2D eigenvalue weighted by molar-refractivity contribution is -0.119. The summed E-state index contributed by atoms with van der Waals surface area (Å²) in [5.74, 6) is 0.579. The van der Waals surface area contributed by atoms with Crippen LogP contribution in [0.15, 0.2) is 40.6 Å². The van der Waals surface area contributed by atoms with Crippen LogP contribution in [-0.4, -0.2) is 35.7 Å². The van der Waals surface area contributed by atoms with E-state index in [2.05, 4.69) is 66.7 Å². The first kappa shape index (κ1) is 19.5. The summed E-state index contributed by atoms with van der Waals surface area (Å²) < 4.78 is 0. The summed E-state index contributed by atoms with van der Waals surface area (Å²) in [5.41, 5.74) is 2.47. The van der Waals surface area contributed by atoms with Crippen LogP contribution in [0.25, 0.3) is 0 Å². The summed E-state index contributed by atoms with van der Waals surface area (Å²) in [5, 5.41) is 5.38. The minimum Gasteiger partial charge on any atom is -0.351 e. The van der Waals surface area contributed by atoms with E-state index in [1.807, 2.05) is 0 Å². The molecule has 1 aliphatic rings. The summed E-state index contributed by atoms with van der Waals surface area (Å²) in [6, 6.07) is 11.1. The topological polar surface area (TPSA) is 32.3 Å². The smallest absolute Gasteiger partial charge is 0.230 e. The molecule has 140 valence electrons. The normalized spacial score (nSPS) is 17.2. The van der Waals surface area contributed by atoms with Crippen molar-refractivity contribution in [1.82, 2.24) is 10.2 Å². The van der Waals surface area contributed by atoms with Gasteiger partial charge in [-0.05, 0) is 69.8 Å². The zero-order chi connectivity index (χ0) is 18.5. The highest BCUT2D eigenvalue weighted by molar-refractivity contribution is 8.00. The Morgan fingerprint density at radius 2 is 2.04 bits per heavy atom. The molecule has 0 radical (unpaired) electrons. The first-order chi connectivity index (χ1) is 12.5. The molecule has 1 saturated heterocycles. The minimum absolute atomic E-state index is 0.110. The molecule has 26 heavy (non-hydrogen) atoms. The van der Waals surface area contributed by atoms with Gasteiger partial charge in [-0.1, -0.05) is 23.8 Å². The first-order valence-corrected chi connectivity index (χ1v) is 11.2. The average Bonchev–Trinajstić information content (AvgIpc) is 3.30. The Bertz CT molecular complexity index is 724. The molecule has 0 aliphatic carbocycles. The fourth-order valence-corrected chi connectivity index (χ4v) is 5.50. The highest BCUT2D eigenvalue weighted by atomic mass is 32.2. The van der Waals surface area contributed by atoms with E-state index in [1.165, 1.54) is 33.7 Å². The summed E-state index contributed by atoms with van der Waals surface area (Å²) >= 11 is 3.42. The molecule has 2 aromatic rings. The molecule has 0 unspecified atom stereocenters. The predicted octanol–water partition coefficient (Wildman–Crippen LogP) is 4.80. The third kappa shape index (κ3) is 4.90. The number of nitrogens with zero attached hydrogens (tertiary/aromatic N) is 1. The van der Waals surface area contributed by atoms with E-state index in [1.54, 1.807) is 23.1 Å². The van der Waals surface area contributed by atoms with Crippen LogP contribution < -0.4 is 5.32 Å². The molecular formula is C21H28N2OS2. The lowest BCUT2D eigenvalue weighted by atomic mass is 10.1. The fourth-order valence-electron chi connectivity index (χ4n) is 3.60. The van der Waals surface area contributed by atoms with Crippen LogP contribution >= 0.6 is 23.1 Å². The van der Waals surface area contributed by atoms with Crippen LogP contribution in [-0.2, 0) is 4.79 Å². The van der Waals surface area contributed by atoms with Crippen molar-refractivity contribution in [2.24, 2.45) is 0 Å². The number of amides is 1. The van der Waals surface area contributed by atoms with Gasteiger partial charge in [-0.15, -0.1) is 23.1 Å². The Morgan fingerprint density at radius 3 is 2.73 bits per heavy atom. The van der Waals surface area contributed by atoms with Crippen LogP contribution in [0.3, 0.4) is 0 Å². The van der Waals surface area contributed by atoms with E-state index >= 15 is 0 Å². The molecule has 2 heterocycles. The van der Waals surface area contributed by atoms with Gasteiger partial charge in [0.2, 0.25) is 5.91 Å². The average molecular weight is 389 g/mol. The van der Waals surface area contributed by atoms with E-state index in [-0.39, 0.29) is 18.0 Å². The van der Waals surface area contributed by atoms with Gasteiger partial charge in [0, 0.05) is 15.8 Å². The zero-order valence-electron chi connectivity index (χ0n) is 15.8. The lowest BCUT2D eigenvalue weighted by Gasteiger charge is -2.32. The highest BCUT2D eigenvalue weighted by Crippen LogP contribution is 2.31. The second-order valence-electron chi connectivity index (χ2n) is 7.12. The Kier molecular flexibility index (Phi) is 6.79. The summed E-state index contributed by atoms with van der Waals surface area (Å²) in [4.78, 5) is 17.6. The molecule has 1 N–H and O–H groups in total. The maximum atomic E-state index is 12.6. The Labute approximate surface area is 165 Å². The molecule has 0 bridgehead atoms. The first-order valence-electron chi connectivity index (χ1n) is 9.31. The standard InChI is InChI=1S/C21H28N2OS2/c1-15-8-9-16(2)19(13-15)26-14-20(24)22-17(3)21(18-7-6-12-25-18)23-10-4-5-11-23/h6-9,12-13,17,21H,4-5,10-11,14H2,1-3H3,(H,22,24)/t17-,21+/m1/s1. The molecule has 1 aromatic heterocycles. The largest absolute Gasteiger partial charge is 0.351 e. The second-order valence-corrected chi connectivity index (χ2v) is 9.11. The molecule has 1 fully saturated rings. The summed E-state index contributed by atoms with van der Waals surface area (Å²) in [7, 11) is 0. The lowest BCUT2D eigenvalue weighted by Crippen LogP contribution is -2.44. The number of thiophene rings is 1. The third-order valence-electron chi connectivity index (χ3n) is 4.93. The van der Waals surface area contributed by atoms with Crippen molar-refractivity contribution in [3.63, 3.8) is 0 Å². The summed E-state index contributed by atoms with van der Waals surface area (Å²) in [6.07, 6.45) is 2.51. The number of aryl methyl sites for hydroxylation is 2. The van der Waals surface area contributed by atoms with Crippen molar-refractivity contribution >= 4 is 29.0 Å². The van der Waals surface area contributed by atoms with E-state index in [0.717, 1.165) is 13.1 Å². The number of thioether (sulfide) groups is 1. The molecule has 0 spiro atoms. The van der Waals surface area contributed by atoms with Gasteiger partial charge >= 0.3 is 0 Å². The van der Waals surface area contributed by atoms with Gasteiger partial charge in [-0.25, -0.2) is 0 Å². The molecule has 1 aromatic carbocycles. The van der Waals surface area contributed by atoms with Crippen molar-refractivity contribution in [1.29, 1.82) is 0 Å². The van der Waals surface area contributed by atoms with E-state index in [0.29, 0.717) is 5.75 Å². The molecule has 1 aliphatic heterocycles. The van der Waals surface area contributed by atoms with Crippen LogP contribution in [0.1, 0.15) is 41.8 Å². The Morgan fingerprint density at radius 1 is 1.27 bits per heavy atom. The number of carbonyl (C=O) groups excluding carboxylic acids is 1. The molecule has 3 nitrogen and oxygen atoms in total. The second kappa shape index (κ2) is 9.07. The van der Waals surface area contributed by atoms with Gasteiger partial charge in [0.1, 0.15) is 0 Å². The predicted molar refractivity (Wildman–Crippen MR) is 112 cm³/mol. The molecular weight excluding hydrogens is 360 g/mol. The maximum absolute atomic E-state index is 12.6. The van der Waals surface area contributed by atoms with E-state index in [4.69, 9.17) is 0 Å². The third-order valence-corrected chi connectivity index (χ3v) is 7.03. The Hall–Kier alpha value is -1.30. The van der Waals surface area contributed by atoms with Crippen molar-refractivity contribution in [3.05, 3.63) is 51.7 Å². The number of hydrogen-bond acceptors (Lipinski definition) is 4. The minimum atomic E-state index is 0.110. The van der Waals surface area contributed by atoms with Crippen LogP contribution in [0.5, 0.6) is 0 Å². The zero-order valence-corrected chi connectivity index (χ0v) is 17.5. The van der Waals surface area contributed by atoms with Crippen molar-refractivity contribution < 1.29 is 4.79 Å². The number of likely N-dealkylation sites (tertiary alicyclic amines) is 1. The van der Waals surface area contributed by atoms with Gasteiger partial charge in [0.25, 0.3) is 0 Å². The Balaban J connectivity index is 1.60. The van der Waals surface area contributed by atoms with Crippen molar-refractivity contribution in [2.75, 3.05) is 18.8 Å². The number of carbonyl (C=O) groups is 1. The molecule has 1 amide bonds. The van der Waals surface area contributed by atoms with E-state index < -0.39 is 0 Å². The molecule has 2 atom stereocenters. The van der Waals surface area contributed by atoms with Crippen LogP contribution in [0, 0.1) is 13.8 Å². The molecule has 5 heteroatoms. The van der Waals surface area contributed by atoms with Gasteiger partial charge < -0.3 is 5.32 Å². The fraction of sp³-hybridized carbons (Fsp3) is 0.476. The van der Waals surface area contributed by atoms with Gasteiger partial charge in [0.15, 0.2) is 0 Å².